The Morgan fingerprint density at radius 2 is 0.513 bits per heavy atom. The Hall–Kier alpha value is -9.16. The predicted molar refractivity (Wildman–Crippen MR) is 285 cm³/mol. The number of carbonyl (C=O) groups excluding carboxylic acids is 4. The molecule has 9 rings (SSSR count). The van der Waals surface area contributed by atoms with E-state index in [1.807, 2.05) is 210 Å². The molecule has 0 heterocycles. The van der Waals surface area contributed by atoms with Crippen molar-refractivity contribution in [1.82, 2.24) is 0 Å². The Morgan fingerprint density at radius 3 is 0.737 bits per heavy atom. The zero-order valence-electron chi connectivity index (χ0n) is 42.5. The highest BCUT2D eigenvalue weighted by molar-refractivity contribution is 5.71. The van der Waals surface area contributed by atoms with Gasteiger partial charge in [-0.1, -0.05) is 198 Å². The number of carbonyl (C=O) groups is 4. The fourth-order valence-electron chi connectivity index (χ4n) is 9.15. The van der Waals surface area contributed by atoms with E-state index in [-0.39, 0.29) is 49.4 Å². The van der Waals surface area contributed by atoms with Crippen molar-refractivity contribution in [2.45, 2.75) is 77.8 Å². The minimum atomic E-state index is -0.954. The molecule has 8 aromatic rings. The molecule has 384 valence electrons. The first kappa shape index (κ1) is 51.7. The average Bonchev–Trinajstić information content (AvgIpc) is 3.45. The molecule has 0 radical (unpaired) electrons. The molecule has 0 aromatic heterocycles. The van der Waals surface area contributed by atoms with Gasteiger partial charge in [0.15, 0.2) is 0 Å². The highest BCUT2D eigenvalue weighted by Crippen LogP contribution is 2.46. The summed E-state index contributed by atoms with van der Waals surface area (Å²) in [7, 11) is 0. The Balaban J connectivity index is 1.15. The lowest BCUT2D eigenvalue weighted by Crippen LogP contribution is -2.17. The first-order chi connectivity index (χ1) is 36.9. The minimum absolute atomic E-state index is 0.0346. The fraction of sp³-hybridized carbons (Fsp3) is 0.188. The third-order valence-electron chi connectivity index (χ3n) is 13.5. The highest BCUT2D eigenvalue weighted by atomic mass is 16.7. The molecule has 0 saturated heterocycles. The standard InChI is InChI=1S/C64H56O12/c1-41-49-27-17-28-50(31-49)42(2)55-34-56(60(76-64(68)72-40-48-25-15-8-16-26-48)36-59(55)75-63(67)71-39-47-23-13-7-14-24-47)44(4)52-30-18-29-51(32-52)43(3)54-33-53(41)57(73-61(65)69-37-45-19-9-5-10-20-45)35-58(54)74-62(66)70-38-46-21-11-6-12-22-46/h5-36,41-44H,37-40H2,1-4H3. The van der Waals surface area contributed by atoms with Crippen molar-refractivity contribution in [1.29, 1.82) is 0 Å². The van der Waals surface area contributed by atoms with Gasteiger partial charge in [0, 0.05) is 58.1 Å². The smallest absolute Gasteiger partial charge is 0.429 e. The van der Waals surface area contributed by atoms with Gasteiger partial charge >= 0.3 is 24.6 Å². The maximum absolute atomic E-state index is 13.6. The van der Waals surface area contributed by atoms with Gasteiger partial charge in [-0.2, -0.15) is 0 Å². The van der Waals surface area contributed by atoms with Gasteiger partial charge in [0.2, 0.25) is 0 Å². The average molecular weight is 1020 g/mol. The van der Waals surface area contributed by atoms with Crippen molar-refractivity contribution in [3.8, 4) is 23.0 Å². The number of hydrogen-bond acceptors (Lipinski definition) is 12. The van der Waals surface area contributed by atoms with E-state index in [2.05, 4.69) is 0 Å². The quantitative estimate of drug-likeness (QED) is 0.0653. The van der Waals surface area contributed by atoms with E-state index in [1.165, 1.54) is 0 Å². The Morgan fingerprint density at radius 1 is 0.289 bits per heavy atom. The zero-order valence-corrected chi connectivity index (χ0v) is 42.5. The van der Waals surface area contributed by atoms with Crippen LogP contribution in [0.25, 0.3) is 0 Å². The van der Waals surface area contributed by atoms with E-state index in [1.54, 1.807) is 12.1 Å². The van der Waals surface area contributed by atoms with Gasteiger partial charge in [0.05, 0.1) is 0 Å². The van der Waals surface area contributed by atoms with Crippen LogP contribution in [0.1, 0.15) is 118 Å². The molecule has 0 saturated carbocycles. The van der Waals surface area contributed by atoms with E-state index >= 15 is 0 Å². The molecule has 12 nitrogen and oxygen atoms in total. The molecule has 0 fully saturated rings. The molecule has 4 atom stereocenters. The molecule has 1 aliphatic rings. The van der Waals surface area contributed by atoms with Crippen LogP contribution in [0.4, 0.5) is 19.2 Å². The van der Waals surface area contributed by atoms with E-state index in [4.69, 9.17) is 37.9 Å². The highest BCUT2D eigenvalue weighted by Gasteiger charge is 2.30. The van der Waals surface area contributed by atoms with E-state index in [9.17, 15) is 19.2 Å². The first-order valence-corrected chi connectivity index (χ1v) is 25.0. The van der Waals surface area contributed by atoms with Gasteiger partial charge in [-0.3, -0.25) is 0 Å². The summed E-state index contributed by atoms with van der Waals surface area (Å²) < 4.78 is 46.8. The summed E-state index contributed by atoms with van der Waals surface area (Å²) in [5.74, 6) is -1.31. The molecular formula is C64H56O12. The van der Waals surface area contributed by atoms with Crippen molar-refractivity contribution in [2.24, 2.45) is 0 Å². The third kappa shape index (κ3) is 13.0. The summed E-state index contributed by atoms with van der Waals surface area (Å²) in [6.45, 7) is 7.84. The maximum atomic E-state index is 13.6. The Bertz CT molecular complexity index is 2880. The van der Waals surface area contributed by atoms with Crippen LogP contribution in [0.15, 0.2) is 194 Å². The van der Waals surface area contributed by atoms with Gasteiger partial charge in [0.1, 0.15) is 49.4 Å². The monoisotopic (exact) mass is 1020 g/mol. The Kier molecular flexibility index (Phi) is 16.5. The van der Waals surface area contributed by atoms with Crippen LogP contribution < -0.4 is 18.9 Å². The lowest BCUT2D eigenvalue weighted by molar-refractivity contribution is 0.0889. The van der Waals surface area contributed by atoms with Crippen LogP contribution in [0, 0.1) is 0 Å². The molecule has 1 aliphatic carbocycles. The number of benzene rings is 8. The molecular weight excluding hydrogens is 961 g/mol. The van der Waals surface area contributed by atoms with E-state index in [0.29, 0.717) is 22.3 Å². The zero-order chi connectivity index (χ0) is 53.0. The molecule has 76 heavy (non-hydrogen) atoms. The van der Waals surface area contributed by atoms with Gasteiger partial charge < -0.3 is 37.9 Å². The molecule has 0 amide bonds. The first-order valence-electron chi connectivity index (χ1n) is 25.0. The molecule has 0 spiro atoms. The van der Waals surface area contributed by atoms with Crippen molar-refractivity contribution in [2.75, 3.05) is 0 Å². The largest absolute Gasteiger partial charge is 0.514 e. The van der Waals surface area contributed by atoms with Crippen LogP contribution in [-0.4, -0.2) is 24.6 Å². The Labute approximate surface area is 441 Å². The van der Waals surface area contributed by atoms with Crippen LogP contribution in [-0.2, 0) is 45.4 Å². The third-order valence-corrected chi connectivity index (χ3v) is 13.5. The number of ether oxygens (including phenoxy) is 8. The van der Waals surface area contributed by atoms with Gasteiger partial charge in [-0.15, -0.1) is 0 Å². The summed E-state index contributed by atoms with van der Waals surface area (Å²) in [5.41, 5.74) is 8.89. The topological polar surface area (TPSA) is 142 Å². The summed E-state index contributed by atoms with van der Waals surface area (Å²) in [6, 6.07) is 59.7. The van der Waals surface area contributed by atoms with E-state index in [0.717, 1.165) is 44.5 Å². The second-order valence-corrected chi connectivity index (χ2v) is 18.6. The van der Waals surface area contributed by atoms with Gasteiger partial charge in [0.25, 0.3) is 0 Å². The van der Waals surface area contributed by atoms with Crippen molar-refractivity contribution in [3.63, 3.8) is 0 Å². The number of rotatable bonds is 12. The molecule has 8 bridgehead atoms. The van der Waals surface area contributed by atoms with Gasteiger partial charge in [-0.05, 0) is 56.6 Å². The van der Waals surface area contributed by atoms with Gasteiger partial charge in [-0.25, -0.2) is 19.2 Å². The molecule has 0 aliphatic heterocycles. The second kappa shape index (κ2) is 24.2. The number of hydrogen-bond donors (Lipinski definition) is 0. The number of fused-ring (bicyclic) bond motifs is 8. The SMILES string of the molecule is CC1c2cccc(c2)C(C)c2cc(c(OC(=O)OCc3ccccc3)cc2OC(=O)OCc2ccccc2)C(C)c2cccc(c2)C(C)c2cc1c(OC(=O)OCc1ccccc1)cc2OC(=O)OCc1ccccc1. The molecule has 12 heteroatoms. The lowest BCUT2D eigenvalue weighted by Gasteiger charge is -2.26. The molecule has 0 N–H and O–H groups in total. The van der Waals surface area contributed by atoms with E-state index < -0.39 is 48.3 Å². The normalized spacial score (nSPS) is 15.5. The summed E-state index contributed by atoms with van der Waals surface area (Å²) in [6.07, 6.45) is -3.82. The van der Waals surface area contributed by atoms with Crippen molar-refractivity contribution < 1.29 is 57.1 Å². The summed E-state index contributed by atoms with van der Waals surface area (Å²) in [5, 5.41) is 0. The summed E-state index contributed by atoms with van der Waals surface area (Å²) in [4.78, 5) is 54.6. The predicted octanol–water partition coefficient (Wildman–Crippen LogP) is 15.5. The van der Waals surface area contributed by atoms with Crippen LogP contribution >= 0.6 is 0 Å². The van der Waals surface area contributed by atoms with Crippen molar-refractivity contribution >= 4 is 24.6 Å². The second-order valence-electron chi connectivity index (χ2n) is 18.6. The van der Waals surface area contributed by atoms with Crippen LogP contribution in [0.5, 0.6) is 23.0 Å². The lowest BCUT2D eigenvalue weighted by atomic mass is 9.81. The molecule has 4 unspecified atom stereocenters. The van der Waals surface area contributed by atoms with Crippen LogP contribution in [0.2, 0.25) is 0 Å². The van der Waals surface area contributed by atoms with Crippen molar-refractivity contribution in [3.05, 3.63) is 261 Å². The molecule has 8 aromatic carbocycles. The summed E-state index contributed by atoms with van der Waals surface area (Å²) >= 11 is 0. The maximum Gasteiger partial charge on any atom is 0.514 e. The van der Waals surface area contributed by atoms with Crippen LogP contribution in [0.3, 0.4) is 0 Å². The minimum Gasteiger partial charge on any atom is -0.429 e. The fourth-order valence-corrected chi connectivity index (χ4v) is 9.15.